The number of carbonyl (C=O) groups excluding carboxylic acids is 1. The van der Waals surface area contributed by atoms with Crippen molar-refractivity contribution in [2.45, 2.75) is 38.6 Å². The van der Waals surface area contributed by atoms with Crippen molar-refractivity contribution in [1.29, 1.82) is 0 Å². The van der Waals surface area contributed by atoms with Crippen LogP contribution in [0, 0.1) is 12.7 Å². The number of H-pyrrole nitrogens is 1. The van der Waals surface area contributed by atoms with E-state index in [1.165, 1.54) is 12.1 Å². The molecule has 1 saturated heterocycles. The molecule has 6 nitrogen and oxygen atoms in total. The number of rotatable bonds is 4. The van der Waals surface area contributed by atoms with Crippen LogP contribution in [0.25, 0.3) is 22.4 Å². The number of aryl methyl sites for hydroxylation is 1. The molecular weight excluding hydrogens is 395 g/mol. The minimum atomic E-state index is -0.319. The van der Waals surface area contributed by atoms with E-state index >= 15 is 0 Å². The minimum Gasteiger partial charge on any atom is -0.459 e. The number of likely N-dealkylation sites (tertiary alicyclic amines) is 1. The molecule has 0 aliphatic carbocycles. The number of nitrogens with zero attached hydrogens (tertiary/aromatic N) is 3. The average molecular weight is 418 g/mol. The van der Waals surface area contributed by atoms with E-state index in [2.05, 4.69) is 15.0 Å². The van der Waals surface area contributed by atoms with Crippen LogP contribution in [0.3, 0.4) is 0 Å². The molecule has 1 aromatic carbocycles. The van der Waals surface area contributed by atoms with Gasteiger partial charge in [0.15, 0.2) is 5.58 Å². The summed E-state index contributed by atoms with van der Waals surface area (Å²) < 4.78 is 19.3. The van der Waals surface area contributed by atoms with Gasteiger partial charge < -0.3 is 14.3 Å². The lowest BCUT2D eigenvalue weighted by molar-refractivity contribution is 0.0603. The standard InChI is InChI=1S/C24H23FN4O2/c1-15-27-22(16-7-9-17(25)10-8-16)23(28-15)24(30)29-12-3-2-5-18(29)13-19-14-20-21(31-19)6-4-11-26-20/h4,6-11,14,18H,2-3,5,12-13H2,1H3,(H,27,28). The first-order valence-electron chi connectivity index (χ1n) is 10.6. The molecule has 1 aliphatic rings. The predicted molar refractivity (Wildman–Crippen MR) is 115 cm³/mol. The van der Waals surface area contributed by atoms with Gasteiger partial charge in [0.1, 0.15) is 34.3 Å². The van der Waals surface area contributed by atoms with E-state index in [1.807, 2.05) is 30.0 Å². The number of pyridine rings is 1. The molecule has 1 aliphatic heterocycles. The van der Waals surface area contributed by atoms with Gasteiger partial charge in [-0.05, 0) is 62.6 Å². The van der Waals surface area contributed by atoms with Crippen LogP contribution in [-0.2, 0) is 6.42 Å². The van der Waals surface area contributed by atoms with Crippen molar-refractivity contribution in [3.8, 4) is 11.3 Å². The van der Waals surface area contributed by atoms with Crippen LogP contribution in [0.15, 0.2) is 53.1 Å². The molecule has 3 aromatic heterocycles. The highest BCUT2D eigenvalue weighted by molar-refractivity contribution is 5.98. The van der Waals surface area contributed by atoms with Gasteiger partial charge in [0.05, 0.1) is 0 Å². The number of amides is 1. The van der Waals surface area contributed by atoms with Gasteiger partial charge in [0, 0.05) is 36.8 Å². The van der Waals surface area contributed by atoms with E-state index < -0.39 is 0 Å². The number of halogens is 1. The summed E-state index contributed by atoms with van der Waals surface area (Å²) in [6.07, 6.45) is 5.33. The zero-order chi connectivity index (χ0) is 21.4. The predicted octanol–water partition coefficient (Wildman–Crippen LogP) is 4.90. The van der Waals surface area contributed by atoms with Crippen molar-refractivity contribution < 1.29 is 13.6 Å². The fourth-order valence-corrected chi connectivity index (χ4v) is 4.34. The molecule has 1 fully saturated rings. The lowest BCUT2D eigenvalue weighted by Crippen LogP contribution is -2.45. The highest BCUT2D eigenvalue weighted by Crippen LogP contribution is 2.28. The number of furan rings is 1. The molecule has 5 rings (SSSR count). The number of hydrogen-bond donors (Lipinski definition) is 1. The molecule has 7 heteroatoms. The molecule has 0 radical (unpaired) electrons. The Labute approximate surface area is 179 Å². The largest absolute Gasteiger partial charge is 0.459 e. The molecule has 1 atom stereocenters. The van der Waals surface area contributed by atoms with Gasteiger partial charge in [-0.3, -0.25) is 9.78 Å². The van der Waals surface area contributed by atoms with Crippen molar-refractivity contribution in [3.63, 3.8) is 0 Å². The molecule has 0 bridgehead atoms. The molecular formula is C24H23FN4O2. The van der Waals surface area contributed by atoms with E-state index in [9.17, 15) is 9.18 Å². The quantitative estimate of drug-likeness (QED) is 0.511. The summed E-state index contributed by atoms with van der Waals surface area (Å²) >= 11 is 0. The maximum atomic E-state index is 13.6. The van der Waals surface area contributed by atoms with Gasteiger partial charge in [-0.1, -0.05) is 0 Å². The van der Waals surface area contributed by atoms with Crippen LogP contribution in [-0.4, -0.2) is 38.3 Å². The Morgan fingerprint density at radius 2 is 2.10 bits per heavy atom. The maximum absolute atomic E-state index is 13.6. The summed E-state index contributed by atoms with van der Waals surface area (Å²) in [5.74, 6) is 1.08. The second-order valence-electron chi connectivity index (χ2n) is 8.00. The average Bonchev–Trinajstić information content (AvgIpc) is 3.37. The number of fused-ring (bicyclic) bond motifs is 1. The highest BCUT2D eigenvalue weighted by Gasteiger charge is 2.31. The van der Waals surface area contributed by atoms with Gasteiger partial charge in [0.2, 0.25) is 0 Å². The van der Waals surface area contributed by atoms with Gasteiger partial charge in [0.25, 0.3) is 5.91 Å². The first-order valence-corrected chi connectivity index (χ1v) is 10.6. The van der Waals surface area contributed by atoms with E-state index in [-0.39, 0.29) is 17.8 Å². The number of benzene rings is 1. The van der Waals surface area contributed by atoms with Gasteiger partial charge in [-0.25, -0.2) is 9.37 Å². The number of carbonyl (C=O) groups is 1. The third-order valence-corrected chi connectivity index (χ3v) is 5.82. The second kappa shape index (κ2) is 7.98. The zero-order valence-corrected chi connectivity index (χ0v) is 17.3. The number of aromatic nitrogens is 3. The van der Waals surface area contributed by atoms with Crippen molar-refractivity contribution in [2.24, 2.45) is 0 Å². The van der Waals surface area contributed by atoms with Crippen molar-refractivity contribution in [3.05, 3.63) is 71.8 Å². The molecule has 1 unspecified atom stereocenters. The number of nitrogens with one attached hydrogen (secondary N) is 1. The van der Waals surface area contributed by atoms with Crippen LogP contribution in [0.1, 0.15) is 41.3 Å². The normalized spacial score (nSPS) is 16.7. The van der Waals surface area contributed by atoms with E-state index in [0.29, 0.717) is 35.7 Å². The van der Waals surface area contributed by atoms with Gasteiger partial charge >= 0.3 is 0 Å². The first kappa shape index (κ1) is 19.5. The van der Waals surface area contributed by atoms with Crippen molar-refractivity contribution in [2.75, 3.05) is 6.54 Å². The number of aromatic amines is 1. The Morgan fingerprint density at radius 3 is 2.90 bits per heavy atom. The van der Waals surface area contributed by atoms with Crippen molar-refractivity contribution >= 4 is 17.0 Å². The molecule has 4 aromatic rings. The van der Waals surface area contributed by atoms with Gasteiger partial charge in [-0.2, -0.15) is 0 Å². The zero-order valence-electron chi connectivity index (χ0n) is 17.3. The lowest BCUT2D eigenvalue weighted by Gasteiger charge is -2.35. The fraction of sp³-hybridized carbons (Fsp3) is 0.292. The smallest absolute Gasteiger partial charge is 0.272 e. The highest BCUT2D eigenvalue weighted by atomic mass is 19.1. The van der Waals surface area contributed by atoms with Gasteiger partial charge in [-0.15, -0.1) is 0 Å². The number of hydrogen-bond acceptors (Lipinski definition) is 4. The molecule has 4 heterocycles. The Bertz CT molecular complexity index is 1200. The summed E-state index contributed by atoms with van der Waals surface area (Å²) in [6.45, 7) is 2.50. The number of piperidine rings is 1. The second-order valence-corrected chi connectivity index (χ2v) is 8.00. The van der Waals surface area contributed by atoms with Crippen LogP contribution >= 0.6 is 0 Å². The summed E-state index contributed by atoms with van der Waals surface area (Å²) in [5.41, 5.74) is 3.30. The third kappa shape index (κ3) is 3.83. The SMILES string of the molecule is Cc1nc(-c2ccc(F)cc2)c(C(=O)N2CCCCC2Cc2cc3ncccc3o2)[nH]1. The van der Waals surface area contributed by atoms with Crippen molar-refractivity contribution in [1.82, 2.24) is 19.9 Å². The fourth-order valence-electron chi connectivity index (χ4n) is 4.34. The number of imidazole rings is 1. The maximum Gasteiger partial charge on any atom is 0.272 e. The molecule has 1 N–H and O–H groups in total. The first-order chi connectivity index (χ1) is 15.1. The molecule has 0 saturated carbocycles. The van der Waals surface area contributed by atoms with Crippen LogP contribution in [0.5, 0.6) is 0 Å². The minimum absolute atomic E-state index is 0.0338. The summed E-state index contributed by atoms with van der Waals surface area (Å²) in [6, 6.07) is 11.8. The lowest BCUT2D eigenvalue weighted by atomic mass is 9.97. The topological polar surface area (TPSA) is 75.0 Å². The molecule has 31 heavy (non-hydrogen) atoms. The summed E-state index contributed by atoms with van der Waals surface area (Å²) in [5, 5.41) is 0. The van der Waals surface area contributed by atoms with E-state index in [0.717, 1.165) is 36.1 Å². The van der Waals surface area contributed by atoms with Crippen LogP contribution < -0.4 is 0 Å². The molecule has 158 valence electrons. The third-order valence-electron chi connectivity index (χ3n) is 5.82. The van der Waals surface area contributed by atoms with E-state index in [1.54, 1.807) is 18.3 Å². The summed E-state index contributed by atoms with van der Waals surface area (Å²) in [7, 11) is 0. The van der Waals surface area contributed by atoms with E-state index in [4.69, 9.17) is 4.42 Å². The Hall–Kier alpha value is -3.48. The Balaban J connectivity index is 1.44. The Kier molecular flexibility index (Phi) is 5.02. The van der Waals surface area contributed by atoms with Crippen LogP contribution in [0.2, 0.25) is 0 Å². The van der Waals surface area contributed by atoms with Crippen LogP contribution in [0.4, 0.5) is 4.39 Å². The molecule has 1 amide bonds. The Morgan fingerprint density at radius 1 is 1.26 bits per heavy atom. The monoisotopic (exact) mass is 418 g/mol. The molecule has 0 spiro atoms. The summed E-state index contributed by atoms with van der Waals surface area (Å²) in [4.78, 5) is 27.5.